The molecule has 8 heteroatoms. The molecule has 1 unspecified atom stereocenters. The molecule has 1 aliphatic heterocycles. The zero-order chi connectivity index (χ0) is 19.3. The molecule has 0 amide bonds. The maximum Gasteiger partial charge on any atom is 0.336 e. The van der Waals surface area contributed by atoms with Crippen LogP contribution in [0.15, 0.2) is 45.4 Å². The summed E-state index contributed by atoms with van der Waals surface area (Å²) in [5, 5.41) is 3.03. The molecule has 2 heterocycles. The number of hydrogen-bond acceptors (Lipinski definition) is 8. The largest absolute Gasteiger partial charge is 0.468 e. The van der Waals surface area contributed by atoms with Crippen molar-refractivity contribution in [2.45, 2.75) is 26.1 Å². The van der Waals surface area contributed by atoms with Crippen LogP contribution in [0.2, 0.25) is 0 Å². The zero-order valence-corrected chi connectivity index (χ0v) is 15.5. The highest BCUT2D eigenvalue weighted by atomic mass is 16.7. The summed E-state index contributed by atoms with van der Waals surface area (Å²) in [6, 6.07) is 3.35. The van der Waals surface area contributed by atoms with E-state index in [1.807, 2.05) is 0 Å². The van der Waals surface area contributed by atoms with Crippen LogP contribution in [0.1, 0.15) is 25.5 Å². The molecule has 142 valence electrons. The SMILES string of the molecule is CCOC(=O)C1=C(C)NC(C(OC)OC)=C(C(=O)OC)C1c1ccco1. The summed E-state index contributed by atoms with van der Waals surface area (Å²) < 4.78 is 26.2. The fourth-order valence-electron chi connectivity index (χ4n) is 2.93. The van der Waals surface area contributed by atoms with Gasteiger partial charge in [0.1, 0.15) is 5.76 Å². The average molecular weight is 365 g/mol. The van der Waals surface area contributed by atoms with Crippen LogP contribution >= 0.6 is 0 Å². The van der Waals surface area contributed by atoms with Gasteiger partial charge in [-0.05, 0) is 26.0 Å². The molecule has 1 N–H and O–H groups in total. The summed E-state index contributed by atoms with van der Waals surface area (Å²) in [5.41, 5.74) is 1.27. The van der Waals surface area contributed by atoms with Gasteiger partial charge in [0.15, 0.2) is 6.29 Å². The smallest absolute Gasteiger partial charge is 0.336 e. The second-order valence-corrected chi connectivity index (χ2v) is 5.45. The minimum Gasteiger partial charge on any atom is -0.468 e. The van der Waals surface area contributed by atoms with Gasteiger partial charge in [-0.25, -0.2) is 9.59 Å². The Balaban J connectivity index is 2.70. The van der Waals surface area contributed by atoms with Crippen molar-refractivity contribution in [1.29, 1.82) is 0 Å². The Labute approximate surface area is 151 Å². The van der Waals surface area contributed by atoms with Crippen molar-refractivity contribution < 1.29 is 33.0 Å². The molecule has 0 saturated heterocycles. The van der Waals surface area contributed by atoms with E-state index in [1.54, 1.807) is 26.0 Å². The van der Waals surface area contributed by atoms with Crippen molar-refractivity contribution in [2.24, 2.45) is 0 Å². The van der Waals surface area contributed by atoms with Gasteiger partial charge in [-0.2, -0.15) is 0 Å². The van der Waals surface area contributed by atoms with E-state index in [0.717, 1.165) is 0 Å². The van der Waals surface area contributed by atoms with Crippen LogP contribution in [0.25, 0.3) is 0 Å². The van der Waals surface area contributed by atoms with Gasteiger partial charge in [-0.15, -0.1) is 0 Å². The normalized spacial score (nSPS) is 17.4. The number of ether oxygens (including phenoxy) is 4. The van der Waals surface area contributed by atoms with E-state index >= 15 is 0 Å². The van der Waals surface area contributed by atoms with Crippen LogP contribution in [-0.2, 0) is 28.5 Å². The van der Waals surface area contributed by atoms with Crippen molar-refractivity contribution in [3.63, 3.8) is 0 Å². The van der Waals surface area contributed by atoms with E-state index in [1.165, 1.54) is 27.6 Å². The number of esters is 2. The third kappa shape index (κ3) is 3.66. The Morgan fingerprint density at radius 3 is 2.38 bits per heavy atom. The lowest BCUT2D eigenvalue weighted by Gasteiger charge is -2.32. The van der Waals surface area contributed by atoms with E-state index < -0.39 is 24.1 Å². The fraction of sp³-hybridized carbons (Fsp3) is 0.444. The van der Waals surface area contributed by atoms with Crippen molar-refractivity contribution in [2.75, 3.05) is 27.9 Å². The van der Waals surface area contributed by atoms with Crippen molar-refractivity contribution in [3.8, 4) is 0 Å². The highest BCUT2D eigenvalue weighted by molar-refractivity contribution is 5.99. The lowest BCUT2D eigenvalue weighted by atomic mass is 9.83. The quantitative estimate of drug-likeness (QED) is 0.578. The van der Waals surface area contributed by atoms with Crippen LogP contribution < -0.4 is 5.32 Å². The molecule has 26 heavy (non-hydrogen) atoms. The van der Waals surface area contributed by atoms with Gasteiger partial charge in [0.05, 0.1) is 42.7 Å². The fourth-order valence-corrected chi connectivity index (χ4v) is 2.93. The van der Waals surface area contributed by atoms with Crippen LogP contribution in [-0.4, -0.2) is 46.2 Å². The van der Waals surface area contributed by atoms with Crippen LogP contribution in [0.5, 0.6) is 0 Å². The highest BCUT2D eigenvalue weighted by Crippen LogP contribution is 2.40. The van der Waals surface area contributed by atoms with Gasteiger partial charge in [0.2, 0.25) is 0 Å². The molecule has 8 nitrogen and oxygen atoms in total. The Morgan fingerprint density at radius 1 is 1.19 bits per heavy atom. The topological polar surface area (TPSA) is 96.2 Å². The molecular formula is C18H23NO7. The monoisotopic (exact) mass is 365 g/mol. The summed E-state index contributed by atoms with van der Waals surface area (Å²) in [6.07, 6.45) is 0.606. The predicted octanol–water partition coefficient (Wildman–Crippen LogP) is 1.85. The van der Waals surface area contributed by atoms with Crippen LogP contribution in [0, 0.1) is 0 Å². The summed E-state index contributed by atoms with van der Waals surface area (Å²) in [4.78, 5) is 25.2. The standard InChI is InChI=1S/C18H23NO7/c1-6-25-17(21)12-10(2)19-15(18(23-4)24-5)14(16(20)22-3)13(12)11-8-7-9-26-11/h7-9,13,18-19H,6H2,1-5H3. The number of methoxy groups -OCH3 is 3. The Morgan fingerprint density at radius 2 is 1.88 bits per heavy atom. The minimum absolute atomic E-state index is 0.157. The van der Waals surface area contributed by atoms with Gasteiger partial charge >= 0.3 is 11.9 Å². The van der Waals surface area contributed by atoms with Gasteiger partial charge in [-0.3, -0.25) is 0 Å². The predicted molar refractivity (Wildman–Crippen MR) is 90.8 cm³/mol. The number of furan rings is 1. The summed E-state index contributed by atoms with van der Waals surface area (Å²) in [5.74, 6) is -1.61. The first-order valence-electron chi connectivity index (χ1n) is 8.06. The molecule has 0 radical (unpaired) electrons. The number of carbonyl (C=O) groups is 2. The van der Waals surface area contributed by atoms with Crippen molar-refractivity contribution in [3.05, 3.63) is 46.7 Å². The van der Waals surface area contributed by atoms with E-state index in [9.17, 15) is 9.59 Å². The summed E-state index contributed by atoms with van der Waals surface area (Å²) in [6.45, 7) is 3.61. The molecule has 1 aromatic rings. The minimum atomic E-state index is -0.861. The molecule has 0 aliphatic carbocycles. The number of allylic oxidation sites excluding steroid dienone is 1. The Hall–Kier alpha value is -2.58. The number of carbonyl (C=O) groups excluding carboxylic acids is 2. The van der Waals surface area contributed by atoms with Gasteiger partial charge in [0.25, 0.3) is 0 Å². The van der Waals surface area contributed by atoms with E-state index in [-0.39, 0.29) is 17.8 Å². The van der Waals surface area contributed by atoms with E-state index in [0.29, 0.717) is 17.2 Å². The lowest BCUT2D eigenvalue weighted by molar-refractivity contribution is -0.139. The molecule has 0 fully saturated rings. The molecule has 2 rings (SSSR count). The Kier molecular flexibility index (Phi) is 6.59. The van der Waals surface area contributed by atoms with Crippen LogP contribution in [0.3, 0.4) is 0 Å². The first-order chi connectivity index (χ1) is 12.5. The van der Waals surface area contributed by atoms with Gasteiger partial charge in [0, 0.05) is 19.9 Å². The third-order valence-electron chi connectivity index (χ3n) is 3.99. The van der Waals surface area contributed by atoms with Crippen molar-refractivity contribution >= 4 is 11.9 Å². The Bertz CT molecular complexity index is 714. The first kappa shape index (κ1) is 19.7. The average Bonchev–Trinajstić information content (AvgIpc) is 3.16. The second kappa shape index (κ2) is 8.68. The number of dihydropyridines is 1. The van der Waals surface area contributed by atoms with Crippen molar-refractivity contribution in [1.82, 2.24) is 5.32 Å². The van der Waals surface area contributed by atoms with E-state index in [2.05, 4.69) is 5.32 Å². The molecular weight excluding hydrogens is 342 g/mol. The molecule has 0 spiro atoms. The van der Waals surface area contributed by atoms with Gasteiger partial charge < -0.3 is 28.7 Å². The summed E-state index contributed by atoms with van der Waals surface area (Å²) >= 11 is 0. The highest BCUT2D eigenvalue weighted by Gasteiger charge is 2.42. The summed E-state index contributed by atoms with van der Waals surface area (Å²) in [7, 11) is 4.15. The number of hydrogen-bond donors (Lipinski definition) is 1. The molecule has 0 bridgehead atoms. The second-order valence-electron chi connectivity index (χ2n) is 5.45. The third-order valence-corrected chi connectivity index (χ3v) is 3.99. The number of nitrogens with one attached hydrogen (secondary N) is 1. The molecule has 0 saturated carbocycles. The molecule has 1 aliphatic rings. The molecule has 1 aromatic heterocycles. The number of rotatable bonds is 7. The first-order valence-corrected chi connectivity index (χ1v) is 8.06. The molecule has 1 atom stereocenters. The molecule has 0 aromatic carbocycles. The zero-order valence-electron chi connectivity index (χ0n) is 15.5. The van der Waals surface area contributed by atoms with Crippen LogP contribution in [0.4, 0.5) is 0 Å². The lowest BCUT2D eigenvalue weighted by Crippen LogP contribution is -2.38. The maximum absolute atomic E-state index is 12.6. The maximum atomic E-state index is 12.6. The van der Waals surface area contributed by atoms with Gasteiger partial charge in [-0.1, -0.05) is 0 Å². The van der Waals surface area contributed by atoms with E-state index in [4.69, 9.17) is 23.4 Å².